The highest BCUT2D eigenvalue weighted by atomic mass is 16.2. The van der Waals surface area contributed by atoms with Crippen molar-refractivity contribution in [2.24, 2.45) is 0 Å². The maximum Gasteiger partial charge on any atom is 0.224 e. The lowest BCUT2D eigenvalue weighted by Gasteiger charge is -2.09. The molecule has 84 valence electrons. The molecule has 1 heterocycles. The first-order chi connectivity index (χ1) is 7.65. The van der Waals surface area contributed by atoms with Gasteiger partial charge in [-0.05, 0) is 36.6 Å². The monoisotopic (exact) mass is 218 g/mol. The minimum absolute atomic E-state index is 0.0611. The van der Waals surface area contributed by atoms with Crippen molar-refractivity contribution in [3.63, 3.8) is 0 Å². The molecule has 0 aliphatic carbocycles. The van der Waals surface area contributed by atoms with Crippen LogP contribution in [0.1, 0.15) is 25.3 Å². The predicted octanol–water partition coefficient (Wildman–Crippen LogP) is 1.92. The van der Waals surface area contributed by atoms with E-state index in [1.165, 1.54) is 6.92 Å². The molecule has 0 saturated carbocycles. The van der Waals surface area contributed by atoms with Gasteiger partial charge in [0.05, 0.1) is 0 Å². The van der Waals surface area contributed by atoms with Gasteiger partial charge in [-0.2, -0.15) is 0 Å². The molecule has 2 amide bonds. The van der Waals surface area contributed by atoms with Gasteiger partial charge in [-0.25, -0.2) is 0 Å². The number of carbonyl (C=O) groups excluding carboxylic acids is 2. The summed E-state index contributed by atoms with van der Waals surface area (Å²) in [6, 6.07) is 5.55. The number of nitrogens with one attached hydrogen (secondary N) is 2. The fourth-order valence-electron chi connectivity index (χ4n) is 1.86. The van der Waals surface area contributed by atoms with Gasteiger partial charge in [0.1, 0.15) is 0 Å². The van der Waals surface area contributed by atoms with Crippen molar-refractivity contribution in [2.75, 3.05) is 10.6 Å². The number of benzene rings is 1. The summed E-state index contributed by atoms with van der Waals surface area (Å²) in [5.41, 5.74) is 2.72. The predicted molar refractivity (Wildman–Crippen MR) is 62.3 cm³/mol. The third-order valence-electron chi connectivity index (χ3n) is 2.55. The number of carbonyl (C=O) groups is 2. The summed E-state index contributed by atoms with van der Waals surface area (Å²) in [6.07, 6.45) is 2.27. The quantitative estimate of drug-likeness (QED) is 0.756. The largest absolute Gasteiger partial charge is 0.326 e. The van der Waals surface area contributed by atoms with Crippen LogP contribution in [0.4, 0.5) is 11.4 Å². The molecule has 0 radical (unpaired) electrons. The first kappa shape index (κ1) is 10.7. The van der Waals surface area contributed by atoms with Crippen LogP contribution < -0.4 is 10.6 Å². The van der Waals surface area contributed by atoms with Crippen LogP contribution in [0, 0.1) is 0 Å². The zero-order valence-electron chi connectivity index (χ0n) is 9.17. The van der Waals surface area contributed by atoms with E-state index >= 15 is 0 Å². The van der Waals surface area contributed by atoms with Crippen molar-refractivity contribution in [2.45, 2.75) is 26.2 Å². The van der Waals surface area contributed by atoms with Gasteiger partial charge in [0.2, 0.25) is 11.8 Å². The lowest BCUT2D eigenvalue weighted by Crippen LogP contribution is -2.10. The second kappa shape index (κ2) is 4.35. The molecule has 0 unspecified atom stereocenters. The SMILES string of the molecule is CC(=O)Nc1ccc2c(c1)CCCC(=O)N2. The lowest BCUT2D eigenvalue weighted by molar-refractivity contribution is -0.116. The first-order valence-electron chi connectivity index (χ1n) is 5.35. The fraction of sp³-hybridized carbons (Fsp3) is 0.333. The summed E-state index contributed by atoms with van der Waals surface area (Å²) in [5, 5.41) is 5.59. The molecule has 1 aromatic rings. The normalized spacial score (nSPS) is 14.7. The van der Waals surface area contributed by atoms with E-state index in [-0.39, 0.29) is 11.8 Å². The van der Waals surface area contributed by atoms with Crippen LogP contribution in [0.25, 0.3) is 0 Å². The molecule has 0 spiro atoms. The number of hydrogen-bond donors (Lipinski definition) is 2. The Morgan fingerprint density at radius 3 is 2.94 bits per heavy atom. The Kier molecular flexibility index (Phi) is 2.90. The molecule has 0 saturated heterocycles. The number of fused-ring (bicyclic) bond motifs is 1. The molecule has 16 heavy (non-hydrogen) atoms. The summed E-state index contributed by atoms with van der Waals surface area (Å²) in [5.74, 6) is -0.0244. The van der Waals surface area contributed by atoms with Gasteiger partial charge < -0.3 is 10.6 Å². The van der Waals surface area contributed by atoms with Gasteiger partial charge in [0.15, 0.2) is 0 Å². The van der Waals surface area contributed by atoms with Crippen LogP contribution in [-0.4, -0.2) is 11.8 Å². The molecule has 0 bridgehead atoms. The third-order valence-corrected chi connectivity index (χ3v) is 2.55. The van der Waals surface area contributed by atoms with Crippen LogP contribution in [0.2, 0.25) is 0 Å². The molecular formula is C12H14N2O2. The van der Waals surface area contributed by atoms with E-state index in [0.29, 0.717) is 6.42 Å². The Bertz CT molecular complexity index is 441. The molecule has 2 N–H and O–H groups in total. The molecule has 1 aliphatic rings. The van der Waals surface area contributed by atoms with E-state index < -0.39 is 0 Å². The Morgan fingerprint density at radius 1 is 1.38 bits per heavy atom. The van der Waals surface area contributed by atoms with E-state index in [1.807, 2.05) is 12.1 Å². The molecule has 0 fully saturated rings. The van der Waals surface area contributed by atoms with E-state index in [0.717, 1.165) is 29.8 Å². The van der Waals surface area contributed by atoms with Crippen molar-refractivity contribution < 1.29 is 9.59 Å². The van der Waals surface area contributed by atoms with E-state index in [1.54, 1.807) is 6.07 Å². The number of anilines is 2. The molecule has 1 aromatic carbocycles. The summed E-state index contributed by atoms with van der Waals surface area (Å²) < 4.78 is 0. The van der Waals surface area contributed by atoms with Gasteiger partial charge in [0, 0.05) is 24.7 Å². The highest BCUT2D eigenvalue weighted by Gasteiger charge is 2.12. The zero-order valence-corrected chi connectivity index (χ0v) is 9.17. The third kappa shape index (κ3) is 2.39. The van der Waals surface area contributed by atoms with E-state index in [2.05, 4.69) is 10.6 Å². The highest BCUT2D eigenvalue weighted by molar-refractivity contribution is 5.93. The minimum Gasteiger partial charge on any atom is -0.326 e. The maximum absolute atomic E-state index is 11.3. The van der Waals surface area contributed by atoms with Crippen molar-refractivity contribution in [3.05, 3.63) is 23.8 Å². The number of amides is 2. The summed E-state index contributed by atoms with van der Waals surface area (Å²) in [7, 11) is 0. The van der Waals surface area contributed by atoms with E-state index in [9.17, 15) is 9.59 Å². The average Bonchev–Trinajstić information content (AvgIpc) is 2.37. The molecule has 2 rings (SSSR count). The molecule has 0 atom stereocenters. The maximum atomic E-state index is 11.3. The van der Waals surface area contributed by atoms with Crippen LogP contribution in [0.15, 0.2) is 18.2 Å². The molecular weight excluding hydrogens is 204 g/mol. The van der Waals surface area contributed by atoms with Crippen molar-refractivity contribution >= 4 is 23.2 Å². The van der Waals surface area contributed by atoms with Crippen molar-refractivity contribution in [3.8, 4) is 0 Å². The van der Waals surface area contributed by atoms with Crippen molar-refractivity contribution in [1.82, 2.24) is 0 Å². The second-order valence-electron chi connectivity index (χ2n) is 3.95. The number of rotatable bonds is 1. The highest BCUT2D eigenvalue weighted by Crippen LogP contribution is 2.25. The zero-order chi connectivity index (χ0) is 11.5. The van der Waals surface area contributed by atoms with Gasteiger partial charge in [0.25, 0.3) is 0 Å². The van der Waals surface area contributed by atoms with Crippen LogP contribution in [-0.2, 0) is 16.0 Å². The number of hydrogen-bond acceptors (Lipinski definition) is 2. The Morgan fingerprint density at radius 2 is 2.19 bits per heavy atom. The summed E-state index contributed by atoms with van der Waals surface area (Å²) >= 11 is 0. The number of aryl methyl sites for hydroxylation is 1. The summed E-state index contributed by atoms with van der Waals surface area (Å²) in [4.78, 5) is 22.2. The minimum atomic E-state index is -0.0855. The lowest BCUT2D eigenvalue weighted by atomic mass is 10.1. The Hall–Kier alpha value is -1.84. The van der Waals surface area contributed by atoms with E-state index in [4.69, 9.17) is 0 Å². The second-order valence-corrected chi connectivity index (χ2v) is 3.95. The molecule has 4 heteroatoms. The topological polar surface area (TPSA) is 58.2 Å². The smallest absolute Gasteiger partial charge is 0.224 e. The Balaban J connectivity index is 2.27. The first-order valence-corrected chi connectivity index (χ1v) is 5.35. The van der Waals surface area contributed by atoms with Crippen LogP contribution in [0.5, 0.6) is 0 Å². The van der Waals surface area contributed by atoms with Gasteiger partial charge in [-0.1, -0.05) is 0 Å². The van der Waals surface area contributed by atoms with Gasteiger partial charge in [-0.15, -0.1) is 0 Å². The van der Waals surface area contributed by atoms with Crippen molar-refractivity contribution in [1.29, 1.82) is 0 Å². The van der Waals surface area contributed by atoms with Gasteiger partial charge in [-0.3, -0.25) is 9.59 Å². The molecule has 1 aliphatic heterocycles. The van der Waals surface area contributed by atoms with Gasteiger partial charge >= 0.3 is 0 Å². The fourth-order valence-corrected chi connectivity index (χ4v) is 1.86. The van der Waals surface area contributed by atoms with Crippen LogP contribution >= 0.6 is 0 Å². The molecule has 0 aromatic heterocycles. The molecule has 4 nitrogen and oxygen atoms in total. The standard InChI is InChI=1S/C12H14N2O2/c1-8(15)13-10-5-6-11-9(7-10)3-2-4-12(16)14-11/h5-7H,2-4H2,1H3,(H,13,15)(H,14,16). The Labute approximate surface area is 94.0 Å². The average molecular weight is 218 g/mol. The summed E-state index contributed by atoms with van der Waals surface area (Å²) in [6.45, 7) is 1.48. The van der Waals surface area contributed by atoms with Crippen LogP contribution in [0.3, 0.4) is 0 Å².